The first-order valence-corrected chi connectivity index (χ1v) is 7.70. The Morgan fingerprint density at radius 3 is 2.92 bits per heavy atom. The number of aromatic amines is 1. The van der Waals surface area contributed by atoms with E-state index in [9.17, 15) is 19.3 Å². The molecule has 0 aliphatic rings. The highest BCUT2D eigenvalue weighted by Gasteiger charge is 2.23. The monoisotopic (exact) mass is 378 g/mol. The van der Waals surface area contributed by atoms with E-state index in [0.29, 0.717) is 11.3 Å². The number of aryl methyl sites for hydroxylation is 1. The Hall–Kier alpha value is -3.27. The molecule has 0 bridgehead atoms. The Morgan fingerprint density at radius 2 is 2.23 bits per heavy atom. The van der Waals surface area contributed by atoms with Crippen LogP contribution in [0.25, 0.3) is 0 Å². The fourth-order valence-corrected chi connectivity index (χ4v) is 2.53. The predicted molar refractivity (Wildman–Crippen MR) is 90.7 cm³/mol. The molecule has 0 atom stereocenters. The van der Waals surface area contributed by atoms with Gasteiger partial charge in [-0.15, -0.1) is 0 Å². The molecule has 0 radical (unpaired) electrons. The summed E-state index contributed by atoms with van der Waals surface area (Å²) in [5, 5.41) is 23.6. The van der Waals surface area contributed by atoms with Gasteiger partial charge in [-0.25, -0.2) is 4.39 Å². The van der Waals surface area contributed by atoms with E-state index in [0.717, 1.165) is 6.20 Å². The maximum atomic E-state index is 13.1. The molecule has 11 heteroatoms. The van der Waals surface area contributed by atoms with E-state index < -0.39 is 22.3 Å². The Bertz CT molecular complexity index is 999. The van der Waals surface area contributed by atoms with Crippen LogP contribution in [0.15, 0.2) is 30.5 Å². The van der Waals surface area contributed by atoms with Gasteiger partial charge in [-0.1, -0.05) is 17.7 Å². The number of nitrogens with zero attached hydrogens (tertiary/aromatic N) is 4. The number of halogens is 2. The molecular formula is C15H12ClFN6O3. The van der Waals surface area contributed by atoms with Gasteiger partial charge in [-0.3, -0.25) is 24.7 Å². The van der Waals surface area contributed by atoms with Crippen molar-refractivity contribution in [1.29, 1.82) is 0 Å². The number of carbonyl (C=O) groups is 1. The van der Waals surface area contributed by atoms with Crippen LogP contribution in [0.1, 0.15) is 21.7 Å². The molecule has 1 amide bonds. The lowest BCUT2D eigenvalue weighted by Gasteiger charge is -2.06. The van der Waals surface area contributed by atoms with Crippen LogP contribution in [0.4, 0.5) is 15.9 Å². The second kappa shape index (κ2) is 6.92. The van der Waals surface area contributed by atoms with E-state index in [4.69, 9.17) is 11.6 Å². The molecule has 0 aliphatic carbocycles. The van der Waals surface area contributed by atoms with Crippen molar-refractivity contribution < 1.29 is 14.1 Å². The maximum absolute atomic E-state index is 13.1. The second-order valence-electron chi connectivity index (χ2n) is 5.41. The third-order valence-corrected chi connectivity index (χ3v) is 3.95. The predicted octanol–water partition coefficient (Wildman–Crippen LogP) is 2.92. The van der Waals surface area contributed by atoms with Crippen LogP contribution >= 0.6 is 11.6 Å². The molecule has 3 rings (SSSR count). The third kappa shape index (κ3) is 3.54. The molecule has 2 aromatic heterocycles. The smallest absolute Gasteiger partial charge is 0.304 e. The van der Waals surface area contributed by atoms with Crippen molar-refractivity contribution in [3.63, 3.8) is 0 Å². The first-order chi connectivity index (χ1) is 12.3. The summed E-state index contributed by atoms with van der Waals surface area (Å²) in [6.07, 6.45) is 0.954. The molecule has 0 aliphatic heterocycles. The van der Waals surface area contributed by atoms with E-state index in [1.165, 1.54) is 12.1 Å². The number of amides is 1. The molecule has 134 valence electrons. The lowest BCUT2D eigenvalue weighted by atomic mass is 10.2. The Balaban J connectivity index is 1.78. The average molecular weight is 379 g/mol. The Labute approximate surface area is 150 Å². The normalized spacial score (nSPS) is 10.7. The minimum Gasteiger partial charge on any atom is -0.304 e. The zero-order valence-corrected chi connectivity index (χ0v) is 14.1. The number of aromatic nitrogens is 4. The zero-order valence-electron chi connectivity index (χ0n) is 13.4. The summed E-state index contributed by atoms with van der Waals surface area (Å²) >= 11 is 6.01. The van der Waals surface area contributed by atoms with E-state index in [1.54, 1.807) is 23.7 Å². The summed E-state index contributed by atoms with van der Waals surface area (Å²) < 4.78 is 14.7. The van der Waals surface area contributed by atoms with Gasteiger partial charge in [0.15, 0.2) is 5.82 Å². The molecule has 1 aromatic carbocycles. The van der Waals surface area contributed by atoms with Crippen molar-refractivity contribution in [2.75, 3.05) is 5.32 Å². The fourth-order valence-electron chi connectivity index (χ4n) is 2.31. The molecule has 2 heterocycles. The van der Waals surface area contributed by atoms with Crippen LogP contribution in [-0.2, 0) is 6.54 Å². The first kappa shape index (κ1) is 17.5. The number of H-pyrrole nitrogens is 1. The fraction of sp³-hybridized carbons (Fsp3) is 0.133. The van der Waals surface area contributed by atoms with Crippen LogP contribution in [-0.4, -0.2) is 30.8 Å². The molecule has 2 N–H and O–H groups in total. The molecule has 0 unspecified atom stereocenters. The van der Waals surface area contributed by atoms with Gasteiger partial charge < -0.3 is 5.32 Å². The maximum Gasteiger partial charge on any atom is 0.319 e. The van der Waals surface area contributed by atoms with Gasteiger partial charge in [-0.2, -0.15) is 10.2 Å². The van der Waals surface area contributed by atoms with Crippen molar-refractivity contribution in [2.24, 2.45) is 0 Å². The Morgan fingerprint density at radius 1 is 1.46 bits per heavy atom. The highest BCUT2D eigenvalue weighted by molar-refractivity contribution is 6.31. The van der Waals surface area contributed by atoms with Crippen molar-refractivity contribution in [2.45, 2.75) is 13.5 Å². The van der Waals surface area contributed by atoms with Gasteiger partial charge in [0, 0.05) is 16.8 Å². The number of anilines is 1. The minimum absolute atomic E-state index is 0.203. The van der Waals surface area contributed by atoms with Crippen molar-refractivity contribution in [1.82, 2.24) is 20.0 Å². The number of carbonyl (C=O) groups excluding carboxylic acids is 1. The topological polar surface area (TPSA) is 119 Å². The van der Waals surface area contributed by atoms with E-state index in [2.05, 4.69) is 20.6 Å². The molecule has 26 heavy (non-hydrogen) atoms. The summed E-state index contributed by atoms with van der Waals surface area (Å²) in [7, 11) is 0. The Kier molecular flexibility index (Phi) is 4.67. The quantitative estimate of drug-likeness (QED) is 0.522. The number of hydrogen-bond acceptors (Lipinski definition) is 5. The molecule has 3 aromatic rings. The van der Waals surface area contributed by atoms with E-state index in [-0.39, 0.29) is 23.1 Å². The largest absolute Gasteiger partial charge is 0.319 e. The minimum atomic E-state index is -0.737. The number of rotatable bonds is 5. The lowest BCUT2D eigenvalue weighted by Crippen LogP contribution is -2.15. The zero-order chi connectivity index (χ0) is 18.8. The summed E-state index contributed by atoms with van der Waals surface area (Å²) in [6, 6.07) is 5.64. The van der Waals surface area contributed by atoms with Gasteiger partial charge >= 0.3 is 5.69 Å². The van der Waals surface area contributed by atoms with Crippen molar-refractivity contribution >= 4 is 29.0 Å². The average Bonchev–Trinajstić information content (AvgIpc) is 3.17. The first-order valence-electron chi connectivity index (χ1n) is 7.32. The number of benzene rings is 1. The summed E-state index contributed by atoms with van der Waals surface area (Å²) in [6.45, 7) is 2.03. The van der Waals surface area contributed by atoms with Crippen LogP contribution in [0, 0.1) is 22.9 Å². The molecular weight excluding hydrogens is 367 g/mol. The van der Waals surface area contributed by atoms with Gasteiger partial charge in [0.05, 0.1) is 11.5 Å². The van der Waals surface area contributed by atoms with E-state index >= 15 is 0 Å². The molecule has 0 saturated carbocycles. The standard InChI is InChI=1S/C15H12ClFN6O3/c1-8-4-13(19-15(24)14-12(23(25)26)6-18-20-14)21-22(8)7-9-2-3-10(17)5-11(9)16/h2-6H,7H2,1H3,(H,18,20)(H,19,21,24). The number of nitrogens with one attached hydrogen (secondary N) is 2. The van der Waals surface area contributed by atoms with Gasteiger partial charge in [0.2, 0.25) is 5.69 Å². The van der Waals surface area contributed by atoms with Crippen LogP contribution in [0.5, 0.6) is 0 Å². The summed E-state index contributed by atoms with van der Waals surface area (Å²) in [5.74, 6) is -0.974. The number of nitro groups is 1. The van der Waals surface area contributed by atoms with Gasteiger partial charge in [0.1, 0.15) is 12.0 Å². The van der Waals surface area contributed by atoms with Crippen molar-refractivity contribution in [3.05, 3.63) is 68.4 Å². The summed E-state index contributed by atoms with van der Waals surface area (Å²) in [5.41, 5.74) is 0.654. The highest BCUT2D eigenvalue weighted by atomic mass is 35.5. The summed E-state index contributed by atoms with van der Waals surface area (Å²) in [4.78, 5) is 22.3. The molecule has 9 nitrogen and oxygen atoms in total. The third-order valence-electron chi connectivity index (χ3n) is 3.60. The number of hydrogen-bond donors (Lipinski definition) is 2. The van der Waals surface area contributed by atoms with Crippen LogP contribution in [0.2, 0.25) is 5.02 Å². The molecule has 0 spiro atoms. The van der Waals surface area contributed by atoms with E-state index in [1.807, 2.05) is 0 Å². The molecule has 0 saturated heterocycles. The van der Waals surface area contributed by atoms with Gasteiger partial charge in [0.25, 0.3) is 5.91 Å². The van der Waals surface area contributed by atoms with Crippen LogP contribution in [0.3, 0.4) is 0 Å². The second-order valence-corrected chi connectivity index (χ2v) is 5.81. The highest BCUT2D eigenvalue weighted by Crippen LogP contribution is 2.21. The molecule has 0 fully saturated rings. The lowest BCUT2D eigenvalue weighted by molar-refractivity contribution is -0.385. The van der Waals surface area contributed by atoms with Gasteiger partial charge in [-0.05, 0) is 24.6 Å². The van der Waals surface area contributed by atoms with Crippen LogP contribution < -0.4 is 5.32 Å². The SMILES string of the molecule is Cc1cc(NC(=O)c2[nH]ncc2[N+](=O)[O-])nn1Cc1ccc(F)cc1Cl. The van der Waals surface area contributed by atoms with Crippen molar-refractivity contribution in [3.8, 4) is 0 Å².